The molecule has 160 valence electrons. The minimum Gasteiger partial charge on any atom is -0.340 e. The van der Waals surface area contributed by atoms with Crippen molar-refractivity contribution in [1.82, 2.24) is 20.3 Å². The Labute approximate surface area is 188 Å². The highest BCUT2D eigenvalue weighted by atomic mass is 15.4. The Morgan fingerprint density at radius 3 is 2.66 bits per heavy atom. The number of hydrogen-bond acceptors (Lipinski definition) is 4. The van der Waals surface area contributed by atoms with Crippen LogP contribution >= 0.6 is 0 Å². The van der Waals surface area contributed by atoms with Crippen LogP contribution < -0.4 is 5.32 Å². The van der Waals surface area contributed by atoms with Crippen molar-refractivity contribution >= 4 is 16.9 Å². The molecule has 0 aliphatic carbocycles. The zero-order valence-corrected chi connectivity index (χ0v) is 18.5. The van der Waals surface area contributed by atoms with Gasteiger partial charge >= 0.3 is 0 Å². The van der Waals surface area contributed by atoms with Crippen LogP contribution in [-0.2, 0) is 0 Å². The first-order chi connectivity index (χ1) is 15.6. The SMILES string of the molecule is C=CC(=C)C1=CC(c2ccc(-n3nnc4ccccc43)cc2)N=C(C(/C=C\CC)=C/C)N1. The van der Waals surface area contributed by atoms with Crippen LogP contribution in [0.25, 0.3) is 16.7 Å². The van der Waals surface area contributed by atoms with Gasteiger partial charge in [-0.3, -0.25) is 4.99 Å². The van der Waals surface area contributed by atoms with E-state index in [2.05, 4.69) is 84.3 Å². The third-order valence-electron chi connectivity index (χ3n) is 5.39. The van der Waals surface area contributed by atoms with E-state index in [-0.39, 0.29) is 6.04 Å². The van der Waals surface area contributed by atoms with E-state index in [1.807, 2.05) is 35.9 Å². The molecule has 1 atom stereocenters. The molecule has 1 N–H and O–H groups in total. The first-order valence-electron chi connectivity index (χ1n) is 10.8. The number of aromatic nitrogens is 3. The molecule has 0 amide bonds. The standard InChI is InChI=1S/C27H27N5/c1-5-8-11-20(7-3)27-28-24(19(4)6-2)18-25(29-27)21-14-16-22(17-15-21)32-26-13-10-9-12-23(26)30-31-32/h6-18,25H,2,4-5H2,1,3H3,(H,28,29)/b11-8-,20-7+. The molecule has 1 aliphatic heterocycles. The number of rotatable bonds is 7. The van der Waals surface area contributed by atoms with E-state index in [9.17, 15) is 0 Å². The van der Waals surface area contributed by atoms with Crippen molar-refractivity contribution < 1.29 is 0 Å². The van der Waals surface area contributed by atoms with E-state index in [4.69, 9.17) is 4.99 Å². The van der Waals surface area contributed by atoms with Crippen molar-refractivity contribution in [3.05, 3.63) is 114 Å². The van der Waals surface area contributed by atoms with Crippen molar-refractivity contribution in [2.45, 2.75) is 26.3 Å². The molecule has 0 spiro atoms. The van der Waals surface area contributed by atoms with Crippen LogP contribution in [0, 0.1) is 0 Å². The maximum atomic E-state index is 4.98. The van der Waals surface area contributed by atoms with Crippen LogP contribution in [0.1, 0.15) is 31.9 Å². The second kappa shape index (κ2) is 9.43. The Hall–Kier alpha value is -3.99. The van der Waals surface area contributed by atoms with Gasteiger partial charge < -0.3 is 5.32 Å². The Kier molecular flexibility index (Phi) is 6.26. The molecular weight excluding hydrogens is 394 g/mol. The number of fused-ring (bicyclic) bond motifs is 1. The van der Waals surface area contributed by atoms with Gasteiger partial charge in [0.15, 0.2) is 0 Å². The van der Waals surface area contributed by atoms with Crippen molar-refractivity contribution in [1.29, 1.82) is 0 Å². The Balaban J connectivity index is 1.70. The number of amidine groups is 1. The third kappa shape index (κ3) is 4.23. The van der Waals surface area contributed by atoms with Gasteiger partial charge in [0, 0.05) is 11.3 Å². The molecule has 4 rings (SSSR count). The first kappa shape index (κ1) is 21.2. The van der Waals surface area contributed by atoms with E-state index in [1.165, 1.54) is 0 Å². The molecule has 0 radical (unpaired) electrons. The van der Waals surface area contributed by atoms with Crippen LogP contribution in [0.5, 0.6) is 0 Å². The van der Waals surface area contributed by atoms with Crippen molar-refractivity contribution in [3.63, 3.8) is 0 Å². The Bertz CT molecular complexity index is 1270. The van der Waals surface area contributed by atoms with Gasteiger partial charge in [0.05, 0.1) is 17.2 Å². The number of para-hydroxylation sites is 1. The Morgan fingerprint density at radius 2 is 1.94 bits per heavy atom. The molecule has 5 nitrogen and oxygen atoms in total. The molecule has 0 saturated carbocycles. The predicted molar refractivity (Wildman–Crippen MR) is 133 cm³/mol. The second-order valence-electron chi connectivity index (χ2n) is 7.49. The van der Waals surface area contributed by atoms with Crippen LogP contribution in [0.2, 0.25) is 0 Å². The van der Waals surface area contributed by atoms with E-state index in [1.54, 1.807) is 6.08 Å². The second-order valence-corrected chi connectivity index (χ2v) is 7.49. The average Bonchev–Trinajstić information content (AvgIpc) is 3.28. The third-order valence-corrected chi connectivity index (χ3v) is 5.39. The number of allylic oxidation sites excluding steroid dienone is 3. The molecule has 3 aromatic rings. The van der Waals surface area contributed by atoms with Gasteiger partial charge in [0.2, 0.25) is 0 Å². The molecule has 0 saturated heterocycles. The fourth-order valence-electron chi connectivity index (χ4n) is 3.58. The van der Waals surface area contributed by atoms with Crippen molar-refractivity contribution in [2.24, 2.45) is 4.99 Å². The van der Waals surface area contributed by atoms with Gasteiger partial charge in [-0.2, -0.15) is 0 Å². The van der Waals surface area contributed by atoms with Crippen LogP contribution in [0.15, 0.2) is 114 Å². The molecule has 0 bridgehead atoms. The number of aliphatic imine (C=N–C) groups is 1. The molecule has 1 aromatic heterocycles. The van der Waals surface area contributed by atoms with Gasteiger partial charge in [-0.25, -0.2) is 4.68 Å². The lowest BCUT2D eigenvalue weighted by molar-refractivity contribution is 0.818. The summed E-state index contributed by atoms with van der Waals surface area (Å²) in [5.74, 6) is 0.828. The average molecular weight is 422 g/mol. The largest absolute Gasteiger partial charge is 0.340 e. The zero-order chi connectivity index (χ0) is 22.5. The monoisotopic (exact) mass is 421 g/mol. The number of nitrogens with one attached hydrogen (secondary N) is 1. The lowest BCUT2D eigenvalue weighted by Gasteiger charge is -2.24. The number of benzene rings is 2. The summed E-state index contributed by atoms with van der Waals surface area (Å²) in [5, 5.41) is 12.0. The maximum absolute atomic E-state index is 4.98. The molecule has 2 aromatic carbocycles. The lowest BCUT2D eigenvalue weighted by atomic mass is 10.0. The van der Waals surface area contributed by atoms with Crippen LogP contribution in [0.4, 0.5) is 0 Å². The van der Waals surface area contributed by atoms with E-state index in [0.717, 1.165) is 51.4 Å². The van der Waals surface area contributed by atoms with Gasteiger partial charge in [-0.15, -0.1) is 5.10 Å². The van der Waals surface area contributed by atoms with Gasteiger partial charge in [0.25, 0.3) is 0 Å². The Morgan fingerprint density at radius 1 is 1.16 bits per heavy atom. The van der Waals surface area contributed by atoms with Crippen LogP contribution in [-0.4, -0.2) is 20.8 Å². The predicted octanol–water partition coefficient (Wildman–Crippen LogP) is 6.00. The topological polar surface area (TPSA) is 55.1 Å². The normalized spacial score (nSPS) is 16.6. The molecule has 1 aliphatic rings. The summed E-state index contributed by atoms with van der Waals surface area (Å²) in [5.41, 5.74) is 6.70. The molecule has 5 heteroatoms. The lowest BCUT2D eigenvalue weighted by Crippen LogP contribution is -2.29. The van der Waals surface area contributed by atoms with Gasteiger partial charge in [-0.05, 0) is 54.8 Å². The number of hydrogen-bond donors (Lipinski definition) is 1. The fraction of sp³-hybridized carbons (Fsp3) is 0.148. The highest BCUT2D eigenvalue weighted by molar-refractivity contribution is 6.02. The molecule has 1 unspecified atom stereocenters. The van der Waals surface area contributed by atoms with Crippen LogP contribution in [0.3, 0.4) is 0 Å². The highest BCUT2D eigenvalue weighted by Crippen LogP contribution is 2.28. The summed E-state index contributed by atoms with van der Waals surface area (Å²) < 4.78 is 1.85. The smallest absolute Gasteiger partial charge is 0.133 e. The quantitative estimate of drug-likeness (QED) is 0.476. The summed E-state index contributed by atoms with van der Waals surface area (Å²) in [6.45, 7) is 12.1. The van der Waals surface area contributed by atoms with Gasteiger partial charge in [-0.1, -0.05) is 73.9 Å². The summed E-state index contributed by atoms with van der Waals surface area (Å²) in [7, 11) is 0. The molecular formula is C27H27N5. The maximum Gasteiger partial charge on any atom is 0.133 e. The summed E-state index contributed by atoms with van der Waals surface area (Å²) in [4.78, 5) is 4.98. The minimum absolute atomic E-state index is 0.135. The highest BCUT2D eigenvalue weighted by Gasteiger charge is 2.19. The molecule has 32 heavy (non-hydrogen) atoms. The summed E-state index contributed by atoms with van der Waals surface area (Å²) in [6.07, 6.45) is 11.1. The van der Waals surface area contributed by atoms with Gasteiger partial charge in [0.1, 0.15) is 11.4 Å². The van der Waals surface area contributed by atoms with Crippen molar-refractivity contribution in [3.8, 4) is 5.69 Å². The fourth-order valence-corrected chi connectivity index (χ4v) is 3.58. The van der Waals surface area contributed by atoms with E-state index < -0.39 is 0 Å². The van der Waals surface area contributed by atoms with E-state index in [0.29, 0.717) is 0 Å². The van der Waals surface area contributed by atoms with Crippen molar-refractivity contribution in [2.75, 3.05) is 0 Å². The summed E-state index contributed by atoms with van der Waals surface area (Å²) in [6, 6.07) is 16.1. The molecule has 2 heterocycles. The van der Waals surface area contributed by atoms with E-state index >= 15 is 0 Å². The minimum atomic E-state index is -0.135. The first-order valence-corrected chi connectivity index (χ1v) is 10.8. The zero-order valence-electron chi connectivity index (χ0n) is 18.5. The molecule has 0 fully saturated rings. The number of nitrogens with zero attached hydrogens (tertiary/aromatic N) is 4. The summed E-state index contributed by atoms with van der Waals surface area (Å²) >= 11 is 0.